The molecular formula is C57H102O6. The van der Waals surface area contributed by atoms with Gasteiger partial charge in [0.1, 0.15) is 13.2 Å². The summed E-state index contributed by atoms with van der Waals surface area (Å²) >= 11 is 0. The molecular weight excluding hydrogens is 781 g/mol. The average molecular weight is 883 g/mol. The Morgan fingerprint density at radius 3 is 0.968 bits per heavy atom. The predicted molar refractivity (Wildman–Crippen MR) is 270 cm³/mol. The molecule has 0 saturated heterocycles. The zero-order valence-electron chi connectivity index (χ0n) is 41.8. The molecule has 6 heteroatoms. The smallest absolute Gasteiger partial charge is 0.306 e. The second-order valence-corrected chi connectivity index (χ2v) is 18.1. The van der Waals surface area contributed by atoms with Crippen molar-refractivity contribution in [2.45, 2.75) is 284 Å². The number of hydrogen-bond donors (Lipinski definition) is 0. The van der Waals surface area contributed by atoms with Crippen molar-refractivity contribution in [2.24, 2.45) is 0 Å². The summed E-state index contributed by atoms with van der Waals surface area (Å²) in [6, 6.07) is 0. The normalized spacial score (nSPS) is 12.4. The molecule has 0 amide bonds. The molecule has 0 bridgehead atoms. The van der Waals surface area contributed by atoms with Gasteiger partial charge < -0.3 is 14.2 Å². The number of carbonyl (C=O) groups is 3. The molecule has 0 aliphatic heterocycles. The first kappa shape index (κ1) is 60.4. The fraction of sp³-hybridized carbons (Fsp3) is 0.807. The lowest BCUT2D eigenvalue weighted by molar-refractivity contribution is -0.167. The van der Waals surface area contributed by atoms with Gasteiger partial charge in [0.15, 0.2) is 6.10 Å². The number of allylic oxidation sites excluding steroid dienone is 8. The van der Waals surface area contributed by atoms with E-state index in [1.165, 1.54) is 135 Å². The van der Waals surface area contributed by atoms with Crippen LogP contribution < -0.4 is 0 Å². The van der Waals surface area contributed by atoms with Crippen LogP contribution in [0.25, 0.3) is 0 Å². The van der Waals surface area contributed by atoms with E-state index in [9.17, 15) is 14.4 Å². The molecule has 0 rings (SSSR count). The van der Waals surface area contributed by atoms with E-state index in [1.807, 2.05) is 0 Å². The first-order chi connectivity index (χ1) is 31.0. The lowest BCUT2D eigenvalue weighted by Gasteiger charge is -2.18. The molecule has 1 unspecified atom stereocenters. The maximum atomic E-state index is 12.7. The minimum absolute atomic E-state index is 0.0765. The third kappa shape index (κ3) is 50.2. The van der Waals surface area contributed by atoms with Crippen molar-refractivity contribution < 1.29 is 28.6 Å². The first-order valence-electron chi connectivity index (χ1n) is 27.1. The lowest BCUT2D eigenvalue weighted by Crippen LogP contribution is -2.30. The maximum absolute atomic E-state index is 12.7. The van der Waals surface area contributed by atoms with E-state index in [0.717, 1.165) is 103 Å². The molecule has 0 aromatic heterocycles. The minimum atomic E-state index is -0.774. The van der Waals surface area contributed by atoms with E-state index in [2.05, 4.69) is 69.4 Å². The van der Waals surface area contributed by atoms with Crippen molar-refractivity contribution in [3.05, 3.63) is 48.6 Å². The average Bonchev–Trinajstić information content (AvgIpc) is 3.28. The Hall–Kier alpha value is -2.63. The van der Waals surface area contributed by atoms with Crippen molar-refractivity contribution in [3.8, 4) is 0 Å². The van der Waals surface area contributed by atoms with E-state index in [4.69, 9.17) is 14.2 Å². The maximum Gasteiger partial charge on any atom is 0.306 e. The highest BCUT2D eigenvalue weighted by molar-refractivity contribution is 5.71. The summed E-state index contributed by atoms with van der Waals surface area (Å²) in [5, 5.41) is 0. The predicted octanol–water partition coefficient (Wildman–Crippen LogP) is 17.9. The first-order valence-corrected chi connectivity index (χ1v) is 27.1. The molecule has 0 aromatic carbocycles. The van der Waals surface area contributed by atoms with Gasteiger partial charge in [-0.2, -0.15) is 0 Å². The number of rotatable bonds is 49. The summed E-state index contributed by atoms with van der Waals surface area (Å²) in [7, 11) is 0. The van der Waals surface area contributed by atoms with Crippen LogP contribution in [0.1, 0.15) is 278 Å². The van der Waals surface area contributed by atoms with Crippen LogP contribution in [0.2, 0.25) is 0 Å². The zero-order valence-corrected chi connectivity index (χ0v) is 41.8. The monoisotopic (exact) mass is 883 g/mol. The topological polar surface area (TPSA) is 78.9 Å². The number of ether oxygens (including phenoxy) is 3. The third-order valence-electron chi connectivity index (χ3n) is 11.8. The van der Waals surface area contributed by atoms with Crippen molar-refractivity contribution >= 4 is 17.9 Å². The van der Waals surface area contributed by atoms with Gasteiger partial charge in [0, 0.05) is 19.3 Å². The van der Waals surface area contributed by atoms with E-state index < -0.39 is 6.10 Å². The minimum Gasteiger partial charge on any atom is -0.462 e. The van der Waals surface area contributed by atoms with Crippen LogP contribution in [0.15, 0.2) is 48.6 Å². The van der Waals surface area contributed by atoms with Gasteiger partial charge in [-0.25, -0.2) is 0 Å². The van der Waals surface area contributed by atoms with Crippen molar-refractivity contribution in [2.75, 3.05) is 13.2 Å². The third-order valence-corrected chi connectivity index (χ3v) is 11.8. The standard InChI is InChI=1S/C57H102O6/c1-4-7-10-13-15-17-19-21-23-25-27-28-30-31-33-35-37-39-41-44-47-50-56(59)62-53-54(52-61-55(58)49-46-43-12-9-6-3)63-57(60)51-48-45-42-40-38-36-34-32-29-26-24-22-20-18-16-14-11-8-5-2/h8,11,16,18,22,24,29,32,54H,4-7,9-10,12-15,17,19-21,23,25-28,30-31,33-53H2,1-3H3/b11-8-,18-16-,24-22-,32-29-. The Morgan fingerprint density at radius 2 is 0.619 bits per heavy atom. The molecule has 0 aliphatic rings. The van der Waals surface area contributed by atoms with Crippen LogP contribution in [0.5, 0.6) is 0 Å². The van der Waals surface area contributed by atoms with Crippen LogP contribution in [0.4, 0.5) is 0 Å². The fourth-order valence-electron chi connectivity index (χ4n) is 7.79. The van der Waals surface area contributed by atoms with Crippen LogP contribution in [-0.4, -0.2) is 37.2 Å². The SMILES string of the molecule is CC/C=C\C/C=C\C/C=C\C/C=C\CCCCCCCCC(=O)OC(COC(=O)CCCCCCC)COC(=O)CCCCCCCCCCCCCCCCCCCCCCC. The summed E-state index contributed by atoms with van der Waals surface area (Å²) in [6.07, 6.45) is 62.9. The molecule has 0 aromatic rings. The number of unbranched alkanes of at least 4 members (excludes halogenated alkanes) is 30. The lowest BCUT2D eigenvalue weighted by atomic mass is 10.0. The molecule has 0 heterocycles. The van der Waals surface area contributed by atoms with E-state index >= 15 is 0 Å². The van der Waals surface area contributed by atoms with Crippen LogP contribution >= 0.6 is 0 Å². The summed E-state index contributed by atoms with van der Waals surface area (Å²) in [4.78, 5) is 37.7. The molecule has 0 saturated carbocycles. The zero-order chi connectivity index (χ0) is 45.8. The Bertz CT molecular complexity index is 1110. The van der Waals surface area contributed by atoms with Crippen LogP contribution in [0, 0.1) is 0 Å². The fourth-order valence-corrected chi connectivity index (χ4v) is 7.79. The molecule has 0 N–H and O–H groups in total. The molecule has 0 aliphatic carbocycles. The Morgan fingerprint density at radius 1 is 0.333 bits per heavy atom. The number of hydrogen-bond acceptors (Lipinski definition) is 6. The molecule has 1 atom stereocenters. The highest BCUT2D eigenvalue weighted by Crippen LogP contribution is 2.16. The van der Waals surface area contributed by atoms with Gasteiger partial charge in [-0.3, -0.25) is 14.4 Å². The Balaban J connectivity index is 4.12. The molecule has 0 fully saturated rings. The number of carbonyl (C=O) groups excluding carboxylic acids is 3. The summed E-state index contributed by atoms with van der Waals surface area (Å²) in [6.45, 7) is 6.46. The van der Waals surface area contributed by atoms with Gasteiger partial charge in [-0.05, 0) is 57.8 Å². The van der Waals surface area contributed by atoms with Gasteiger partial charge in [0.05, 0.1) is 0 Å². The van der Waals surface area contributed by atoms with Crippen molar-refractivity contribution in [3.63, 3.8) is 0 Å². The number of esters is 3. The highest BCUT2D eigenvalue weighted by Gasteiger charge is 2.19. The van der Waals surface area contributed by atoms with Crippen molar-refractivity contribution in [1.82, 2.24) is 0 Å². The second kappa shape index (κ2) is 52.0. The van der Waals surface area contributed by atoms with E-state index in [1.54, 1.807) is 0 Å². The van der Waals surface area contributed by atoms with E-state index in [-0.39, 0.29) is 31.1 Å². The summed E-state index contributed by atoms with van der Waals surface area (Å²) in [5.74, 6) is -0.895. The summed E-state index contributed by atoms with van der Waals surface area (Å²) < 4.78 is 16.7. The largest absolute Gasteiger partial charge is 0.462 e. The second-order valence-electron chi connectivity index (χ2n) is 18.1. The van der Waals surface area contributed by atoms with Crippen molar-refractivity contribution in [1.29, 1.82) is 0 Å². The quantitative estimate of drug-likeness (QED) is 0.0262. The van der Waals surface area contributed by atoms with Crippen LogP contribution in [0.3, 0.4) is 0 Å². The van der Waals surface area contributed by atoms with Gasteiger partial charge in [-0.15, -0.1) is 0 Å². The molecule has 366 valence electrons. The Labute approximate surface area is 390 Å². The molecule has 63 heavy (non-hydrogen) atoms. The van der Waals surface area contributed by atoms with Gasteiger partial charge in [-0.1, -0.05) is 249 Å². The Kier molecular flexibility index (Phi) is 49.8. The molecule has 0 spiro atoms. The van der Waals surface area contributed by atoms with Gasteiger partial charge in [0.25, 0.3) is 0 Å². The molecule has 6 nitrogen and oxygen atoms in total. The molecule has 0 radical (unpaired) electrons. The van der Waals surface area contributed by atoms with E-state index in [0.29, 0.717) is 19.3 Å². The van der Waals surface area contributed by atoms with Crippen LogP contribution in [-0.2, 0) is 28.6 Å². The van der Waals surface area contributed by atoms with Gasteiger partial charge >= 0.3 is 17.9 Å². The van der Waals surface area contributed by atoms with Gasteiger partial charge in [0.2, 0.25) is 0 Å². The highest BCUT2D eigenvalue weighted by atomic mass is 16.6. The summed E-state index contributed by atoms with van der Waals surface area (Å²) in [5.41, 5.74) is 0.